The fourth-order valence-electron chi connectivity index (χ4n) is 2.33. The molecule has 0 fully saturated rings. The van der Waals surface area contributed by atoms with E-state index < -0.39 is 0 Å². The Morgan fingerprint density at radius 1 is 0.833 bits per heavy atom. The van der Waals surface area contributed by atoms with Crippen LogP contribution in [0.25, 0.3) is 0 Å². The van der Waals surface area contributed by atoms with Gasteiger partial charge in [-0.3, -0.25) is 0 Å². The molecule has 0 radical (unpaired) electrons. The first kappa shape index (κ1) is 12.7. The van der Waals surface area contributed by atoms with Crippen molar-refractivity contribution in [3.05, 3.63) is 64.7 Å². The number of rotatable bonds is 3. The quantitative estimate of drug-likeness (QED) is 0.812. The lowest BCUT2D eigenvalue weighted by atomic mass is 10.0. The molecule has 0 bridgehead atoms. The Hall–Kier alpha value is -1.76. The molecule has 1 N–H and O–H groups in total. The van der Waals surface area contributed by atoms with Crippen LogP contribution in [-0.4, -0.2) is 0 Å². The molecule has 0 amide bonds. The third-order valence-corrected chi connectivity index (χ3v) is 3.15. The monoisotopic (exact) mass is 239 g/mol. The maximum atomic E-state index is 3.55. The third kappa shape index (κ3) is 3.13. The summed E-state index contributed by atoms with van der Waals surface area (Å²) in [6.45, 7) is 8.62. The number of anilines is 1. The zero-order valence-electron chi connectivity index (χ0n) is 11.6. The van der Waals surface area contributed by atoms with Gasteiger partial charge in [-0.05, 0) is 51.0 Å². The van der Waals surface area contributed by atoms with Gasteiger partial charge in [0.05, 0.1) is 0 Å². The van der Waals surface area contributed by atoms with Crippen molar-refractivity contribution in [2.24, 2.45) is 0 Å². The predicted molar refractivity (Wildman–Crippen MR) is 79.1 cm³/mol. The molecule has 2 rings (SSSR count). The molecule has 1 unspecified atom stereocenters. The molecular weight excluding hydrogens is 218 g/mol. The fraction of sp³-hybridized carbons (Fsp3) is 0.294. The third-order valence-electron chi connectivity index (χ3n) is 3.15. The minimum Gasteiger partial charge on any atom is -0.379 e. The highest BCUT2D eigenvalue weighted by atomic mass is 14.9. The van der Waals surface area contributed by atoms with Gasteiger partial charge in [0.15, 0.2) is 0 Å². The fourth-order valence-corrected chi connectivity index (χ4v) is 2.33. The van der Waals surface area contributed by atoms with Crippen LogP contribution in [0.1, 0.15) is 35.2 Å². The summed E-state index contributed by atoms with van der Waals surface area (Å²) < 4.78 is 0. The lowest BCUT2D eigenvalue weighted by Gasteiger charge is -2.17. The topological polar surface area (TPSA) is 12.0 Å². The van der Waals surface area contributed by atoms with E-state index in [2.05, 4.69) is 75.5 Å². The molecule has 0 heterocycles. The number of hydrogen-bond donors (Lipinski definition) is 1. The first-order valence-corrected chi connectivity index (χ1v) is 6.46. The molecule has 1 nitrogen and oxygen atoms in total. The molecular formula is C17H21N. The Morgan fingerprint density at radius 3 is 2.11 bits per heavy atom. The van der Waals surface area contributed by atoms with E-state index in [4.69, 9.17) is 0 Å². The molecule has 0 saturated carbocycles. The molecule has 94 valence electrons. The molecule has 0 aliphatic rings. The lowest BCUT2D eigenvalue weighted by Crippen LogP contribution is -2.07. The van der Waals surface area contributed by atoms with Crippen LogP contribution in [0.5, 0.6) is 0 Å². The summed E-state index contributed by atoms with van der Waals surface area (Å²) in [4.78, 5) is 0. The second-order valence-corrected chi connectivity index (χ2v) is 5.16. The van der Waals surface area contributed by atoms with E-state index in [0.717, 1.165) is 0 Å². The van der Waals surface area contributed by atoms with Gasteiger partial charge >= 0.3 is 0 Å². The average molecular weight is 239 g/mol. The first-order valence-electron chi connectivity index (χ1n) is 6.46. The van der Waals surface area contributed by atoms with Crippen molar-refractivity contribution in [2.45, 2.75) is 33.7 Å². The van der Waals surface area contributed by atoms with Gasteiger partial charge in [-0.15, -0.1) is 0 Å². The van der Waals surface area contributed by atoms with Crippen LogP contribution in [0.15, 0.2) is 42.5 Å². The Bertz CT molecular complexity index is 523. The van der Waals surface area contributed by atoms with Crippen molar-refractivity contribution in [3.8, 4) is 0 Å². The smallest absolute Gasteiger partial charge is 0.0485 e. The highest BCUT2D eigenvalue weighted by molar-refractivity contribution is 5.47. The minimum atomic E-state index is 0.324. The summed E-state index contributed by atoms with van der Waals surface area (Å²) in [5.74, 6) is 0. The van der Waals surface area contributed by atoms with Crippen LogP contribution in [0.4, 0.5) is 5.69 Å². The van der Waals surface area contributed by atoms with Gasteiger partial charge in [-0.25, -0.2) is 0 Å². The van der Waals surface area contributed by atoms with Crippen LogP contribution >= 0.6 is 0 Å². The molecule has 0 spiro atoms. The second-order valence-electron chi connectivity index (χ2n) is 5.16. The van der Waals surface area contributed by atoms with Crippen LogP contribution in [0.2, 0.25) is 0 Å². The second kappa shape index (κ2) is 5.26. The SMILES string of the molecule is Cc1cccc(NC(C)c2cc(C)cc(C)c2)c1. The van der Waals surface area contributed by atoms with Crippen molar-refractivity contribution in [2.75, 3.05) is 5.32 Å². The van der Waals surface area contributed by atoms with Crippen LogP contribution in [0.3, 0.4) is 0 Å². The molecule has 1 heteroatoms. The normalized spacial score (nSPS) is 12.2. The van der Waals surface area contributed by atoms with Gasteiger partial charge in [0, 0.05) is 11.7 Å². The van der Waals surface area contributed by atoms with Crippen LogP contribution in [0, 0.1) is 20.8 Å². The zero-order chi connectivity index (χ0) is 13.1. The number of nitrogens with one attached hydrogen (secondary N) is 1. The summed E-state index contributed by atoms with van der Waals surface area (Å²) in [5, 5.41) is 3.55. The molecule has 0 aromatic heterocycles. The molecule has 0 aliphatic heterocycles. The van der Waals surface area contributed by atoms with Crippen molar-refractivity contribution in [1.29, 1.82) is 0 Å². The zero-order valence-corrected chi connectivity index (χ0v) is 11.6. The lowest BCUT2D eigenvalue weighted by molar-refractivity contribution is 0.880. The van der Waals surface area contributed by atoms with E-state index >= 15 is 0 Å². The van der Waals surface area contributed by atoms with E-state index in [9.17, 15) is 0 Å². The van der Waals surface area contributed by atoms with Crippen LogP contribution < -0.4 is 5.32 Å². The number of aryl methyl sites for hydroxylation is 3. The number of hydrogen-bond acceptors (Lipinski definition) is 1. The Morgan fingerprint density at radius 2 is 1.50 bits per heavy atom. The summed E-state index contributed by atoms with van der Waals surface area (Å²) in [6.07, 6.45) is 0. The summed E-state index contributed by atoms with van der Waals surface area (Å²) in [5.41, 5.74) is 6.45. The minimum absolute atomic E-state index is 0.324. The van der Waals surface area contributed by atoms with Gasteiger partial charge in [0.1, 0.15) is 0 Å². The van der Waals surface area contributed by atoms with Gasteiger partial charge in [0.25, 0.3) is 0 Å². The molecule has 0 aliphatic carbocycles. The Balaban J connectivity index is 2.19. The van der Waals surface area contributed by atoms with Gasteiger partial charge in [-0.2, -0.15) is 0 Å². The average Bonchev–Trinajstić information content (AvgIpc) is 2.27. The van der Waals surface area contributed by atoms with E-state index in [-0.39, 0.29) is 0 Å². The molecule has 18 heavy (non-hydrogen) atoms. The van der Waals surface area contributed by atoms with Crippen molar-refractivity contribution >= 4 is 5.69 Å². The van der Waals surface area contributed by atoms with Crippen molar-refractivity contribution in [1.82, 2.24) is 0 Å². The predicted octanol–water partition coefficient (Wildman–Crippen LogP) is 4.78. The van der Waals surface area contributed by atoms with Crippen molar-refractivity contribution < 1.29 is 0 Å². The summed E-state index contributed by atoms with van der Waals surface area (Å²) in [6, 6.07) is 15.5. The standard InChI is InChI=1S/C17H21N/c1-12-6-5-7-17(11-12)18-15(4)16-9-13(2)8-14(3)10-16/h5-11,15,18H,1-4H3. The van der Waals surface area contributed by atoms with Gasteiger partial charge in [0.2, 0.25) is 0 Å². The van der Waals surface area contributed by atoms with E-state index in [1.807, 2.05) is 0 Å². The van der Waals surface area contributed by atoms with E-state index in [1.165, 1.54) is 27.9 Å². The Labute approximate surface area is 110 Å². The van der Waals surface area contributed by atoms with Gasteiger partial charge in [-0.1, -0.05) is 41.5 Å². The molecule has 1 atom stereocenters. The van der Waals surface area contributed by atoms with Crippen LogP contribution in [-0.2, 0) is 0 Å². The highest BCUT2D eigenvalue weighted by Crippen LogP contribution is 2.21. The number of benzene rings is 2. The summed E-state index contributed by atoms with van der Waals surface area (Å²) >= 11 is 0. The van der Waals surface area contributed by atoms with Gasteiger partial charge < -0.3 is 5.32 Å². The summed E-state index contributed by atoms with van der Waals surface area (Å²) in [7, 11) is 0. The largest absolute Gasteiger partial charge is 0.379 e. The molecule has 0 saturated heterocycles. The van der Waals surface area contributed by atoms with E-state index in [1.54, 1.807) is 0 Å². The highest BCUT2D eigenvalue weighted by Gasteiger charge is 2.06. The maximum Gasteiger partial charge on any atom is 0.0485 e. The van der Waals surface area contributed by atoms with Crippen molar-refractivity contribution in [3.63, 3.8) is 0 Å². The van der Waals surface area contributed by atoms with E-state index in [0.29, 0.717) is 6.04 Å². The molecule has 2 aromatic carbocycles. The maximum absolute atomic E-state index is 3.55. The first-order chi connectivity index (χ1) is 8.54. The Kier molecular flexibility index (Phi) is 3.71. The molecule has 2 aromatic rings.